The molecule has 2 fully saturated rings. The summed E-state index contributed by atoms with van der Waals surface area (Å²) >= 11 is 6.40. The summed E-state index contributed by atoms with van der Waals surface area (Å²) in [5.41, 5.74) is 3.51. The fourth-order valence-corrected chi connectivity index (χ4v) is 4.60. The molecule has 5 rings (SSSR count). The lowest BCUT2D eigenvalue weighted by molar-refractivity contribution is -0.181. The molecule has 2 aliphatic heterocycles. The number of hydrogen-bond donors (Lipinski definition) is 0. The number of pyridine rings is 1. The van der Waals surface area contributed by atoms with Crippen LogP contribution in [0, 0.1) is 13.8 Å². The van der Waals surface area contributed by atoms with Crippen molar-refractivity contribution < 1.29 is 14.3 Å². The molecule has 2 aromatic heterocycles. The van der Waals surface area contributed by atoms with E-state index in [1.807, 2.05) is 49.1 Å². The van der Waals surface area contributed by atoms with Crippen LogP contribution in [0.1, 0.15) is 34.6 Å². The van der Waals surface area contributed by atoms with Crippen LogP contribution in [-0.4, -0.2) is 57.7 Å². The van der Waals surface area contributed by atoms with E-state index in [9.17, 15) is 4.79 Å². The van der Waals surface area contributed by atoms with Gasteiger partial charge < -0.3 is 14.4 Å². The quantitative estimate of drug-likeness (QED) is 0.625. The monoisotopic (exact) mass is 426 g/mol. The highest BCUT2D eigenvalue weighted by Gasteiger charge is 2.41. The average molecular weight is 427 g/mol. The smallest absolute Gasteiger partial charge is 0.254 e. The normalized spacial score (nSPS) is 18.4. The first-order chi connectivity index (χ1) is 14.5. The summed E-state index contributed by atoms with van der Waals surface area (Å²) in [6, 6.07) is 9.34. The predicted octanol–water partition coefficient (Wildman–Crippen LogP) is 3.67. The van der Waals surface area contributed by atoms with E-state index >= 15 is 0 Å². The standard InChI is InChI=1S/C22H23ClN4O3/c1-14-13-16(21(28)26-9-7-22(8-10-26)29-11-12-30-22)19-15(2)25-27(20(19)24-14)18-6-4-3-5-17(18)23/h3-6,13H,7-12H2,1-2H3. The Hall–Kier alpha value is -2.48. The fourth-order valence-electron chi connectivity index (χ4n) is 4.38. The number of likely N-dealkylation sites (tertiary alicyclic amines) is 1. The molecule has 1 aromatic carbocycles. The number of piperidine rings is 1. The van der Waals surface area contributed by atoms with Crippen molar-refractivity contribution in [2.45, 2.75) is 32.5 Å². The molecule has 1 amide bonds. The predicted molar refractivity (Wildman–Crippen MR) is 113 cm³/mol. The second kappa shape index (κ2) is 7.34. The van der Waals surface area contributed by atoms with Crippen molar-refractivity contribution in [3.05, 3.63) is 52.3 Å². The molecule has 0 unspecified atom stereocenters. The SMILES string of the molecule is Cc1cc(C(=O)N2CCC3(CC2)OCCO3)c2c(C)nn(-c3ccccc3Cl)c2n1. The summed E-state index contributed by atoms with van der Waals surface area (Å²) in [5.74, 6) is -0.523. The van der Waals surface area contributed by atoms with Crippen LogP contribution in [0.5, 0.6) is 0 Å². The van der Waals surface area contributed by atoms with E-state index in [0.29, 0.717) is 55.4 Å². The van der Waals surface area contributed by atoms with E-state index in [4.69, 9.17) is 26.1 Å². The van der Waals surface area contributed by atoms with Gasteiger partial charge >= 0.3 is 0 Å². The molecule has 2 aliphatic rings. The van der Waals surface area contributed by atoms with E-state index in [2.05, 4.69) is 5.10 Å². The molecule has 30 heavy (non-hydrogen) atoms. The lowest BCUT2D eigenvalue weighted by Crippen LogP contribution is -2.47. The van der Waals surface area contributed by atoms with E-state index in [1.165, 1.54) is 0 Å². The third-order valence-corrected chi connectivity index (χ3v) is 6.20. The number of rotatable bonds is 2. The Morgan fingerprint density at radius 3 is 2.53 bits per heavy atom. The van der Waals surface area contributed by atoms with Crippen molar-refractivity contribution in [2.24, 2.45) is 0 Å². The van der Waals surface area contributed by atoms with Crippen molar-refractivity contribution in [3.63, 3.8) is 0 Å². The van der Waals surface area contributed by atoms with Gasteiger partial charge in [0, 0.05) is 31.6 Å². The Bertz CT molecular complexity index is 1130. The van der Waals surface area contributed by atoms with E-state index in [-0.39, 0.29) is 5.91 Å². The molecular formula is C22H23ClN4O3. The molecule has 2 saturated heterocycles. The number of ether oxygens (including phenoxy) is 2. The van der Waals surface area contributed by atoms with Gasteiger partial charge in [-0.25, -0.2) is 9.67 Å². The zero-order valence-corrected chi connectivity index (χ0v) is 17.8. The molecule has 4 heterocycles. The first-order valence-corrected chi connectivity index (χ1v) is 10.5. The van der Waals surface area contributed by atoms with Crippen molar-refractivity contribution >= 4 is 28.5 Å². The summed E-state index contributed by atoms with van der Waals surface area (Å²) in [4.78, 5) is 20.1. The van der Waals surface area contributed by atoms with Crippen LogP contribution in [0.2, 0.25) is 5.02 Å². The minimum absolute atomic E-state index is 0.0137. The average Bonchev–Trinajstić information content (AvgIpc) is 3.32. The Morgan fingerprint density at radius 2 is 1.83 bits per heavy atom. The molecule has 156 valence electrons. The highest BCUT2D eigenvalue weighted by Crippen LogP contribution is 2.33. The molecule has 0 bridgehead atoms. The van der Waals surface area contributed by atoms with Crippen molar-refractivity contribution in [1.29, 1.82) is 0 Å². The number of nitrogens with zero attached hydrogens (tertiary/aromatic N) is 4. The molecule has 8 heteroatoms. The molecule has 7 nitrogen and oxygen atoms in total. The first-order valence-electron chi connectivity index (χ1n) is 10.2. The van der Waals surface area contributed by atoms with Gasteiger partial charge in [-0.1, -0.05) is 23.7 Å². The van der Waals surface area contributed by atoms with Gasteiger partial charge in [-0.2, -0.15) is 5.10 Å². The molecule has 0 radical (unpaired) electrons. The van der Waals surface area contributed by atoms with Crippen LogP contribution in [0.25, 0.3) is 16.7 Å². The first kappa shape index (κ1) is 19.5. The number of halogens is 1. The van der Waals surface area contributed by atoms with Gasteiger partial charge in [0.15, 0.2) is 11.4 Å². The van der Waals surface area contributed by atoms with Crippen LogP contribution in [0.3, 0.4) is 0 Å². The third-order valence-electron chi connectivity index (χ3n) is 5.88. The summed E-state index contributed by atoms with van der Waals surface area (Å²) in [6.07, 6.45) is 1.37. The van der Waals surface area contributed by atoms with Crippen LogP contribution in [0.15, 0.2) is 30.3 Å². The molecule has 0 N–H and O–H groups in total. The van der Waals surface area contributed by atoms with Crippen molar-refractivity contribution in [2.75, 3.05) is 26.3 Å². The minimum atomic E-state index is -0.509. The lowest BCUT2D eigenvalue weighted by atomic mass is 10.0. The summed E-state index contributed by atoms with van der Waals surface area (Å²) in [6.45, 7) is 6.23. The molecule has 0 saturated carbocycles. The molecule has 1 spiro atoms. The molecule has 3 aromatic rings. The number of aromatic nitrogens is 3. The van der Waals surface area contributed by atoms with E-state index < -0.39 is 5.79 Å². The van der Waals surface area contributed by atoms with Gasteiger partial charge in [0.1, 0.15) is 0 Å². The largest absolute Gasteiger partial charge is 0.347 e. The maximum atomic E-state index is 13.5. The van der Waals surface area contributed by atoms with E-state index in [1.54, 1.807) is 4.68 Å². The number of benzene rings is 1. The zero-order chi connectivity index (χ0) is 20.9. The Kier molecular flexibility index (Phi) is 4.76. The third kappa shape index (κ3) is 3.17. The highest BCUT2D eigenvalue weighted by molar-refractivity contribution is 6.32. The molecule has 0 atom stereocenters. The van der Waals surface area contributed by atoms with Gasteiger partial charge in [0.25, 0.3) is 5.91 Å². The van der Waals surface area contributed by atoms with Crippen molar-refractivity contribution in [1.82, 2.24) is 19.7 Å². The Labute approximate surface area is 179 Å². The second-order valence-corrected chi connectivity index (χ2v) is 8.27. The number of para-hydroxylation sites is 1. The summed E-state index contributed by atoms with van der Waals surface area (Å²) in [5, 5.41) is 6.01. The number of amides is 1. The maximum absolute atomic E-state index is 13.5. The van der Waals surface area contributed by atoms with Gasteiger partial charge in [0.05, 0.1) is 40.6 Å². The topological polar surface area (TPSA) is 69.5 Å². The summed E-state index contributed by atoms with van der Waals surface area (Å²) in [7, 11) is 0. The van der Waals surface area contributed by atoms with Crippen molar-refractivity contribution in [3.8, 4) is 5.69 Å². The van der Waals surface area contributed by atoms with Crippen LogP contribution in [0.4, 0.5) is 0 Å². The highest BCUT2D eigenvalue weighted by atomic mass is 35.5. The number of carbonyl (C=O) groups is 1. The van der Waals surface area contributed by atoms with E-state index in [0.717, 1.165) is 22.5 Å². The molecular weight excluding hydrogens is 404 g/mol. The maximum Gasteiger partial charge on any atom is 0.254 e. The minimum Gasteiger partial charge on any atom is -0.347 e. The second-order valence-electron chi connectivity index (χ2n) is 7.86. The van der Waals surface area contributed by atoms with Gasteiger partial charge in [-0.3, -0.25) is 4.79 Å². The zero-order valence-electron chi connectivity index (χ0n) is 17.0. The Morgan fingerprint density at radius 1 is 1.13 bits per heavy atom. The number of hydrogen-bond acceptors (Lipinski definition) is 5. The number of carbonyl (C=O) groups excluding carboxylic acids is 1. The fraction of sp³-hybridized carbons (Fsp3) is 0.409. The number of aryl methyl sites for hydroxylation is 2. The number of fused-ring (bicyclic) bond motifs is 1. The Balaban J connectivity index is 1.54. The molecule has 0 aliphatic carbocycles. The van der Waals surface area contributed by atoms with Gasteiger partial charge in [-0.15, -0.1) is 0 Å². The van der Waals surface area contributed by atoms with Crippen LogP contribution < -0.4 is 0 Å². The summed E-state index contributed by atoms with van der Waals surface area (Å²) < 4.78 is 13.3. The van der Waals surface area contributed by atoms with Crippen LogP contribution in [-0.2, 0) is 9.47 Å². The lowest BCUT2D eigenvalue weighted by Gasteiger charge is -2.37. The van der Waals surface area contributed by atoms with Gasteiger partial charge in [0.2, 0.25) is 0 Å². The van der Waals surface area contributed by atoms with Gasteiger partial charge in [-0.05, 0) is 32.0 Å². The van der Waals surface area contributed by atoms with Crippen LogP contribution >= 0.6 is 11.6 Å².